The quantitative estimate of drug-likeness (QED) is 0.245. The van der Waals surface area contributed by atoms with Crippen molar-refractivity contribution in [3.8, 4) is 16.8 Å². The lowest BCUT2D eigenvalue weighted by atomic mass is 9.53. The average Bonchev–Trinajstić information content (AvgIpc) is 3.74. The molecule has 3 saturated heterocycles. The van der Waals surface area contributed by atoms with E-state index in [2.05, 4.69) is 43.9 Å². The second-order valence-corrected chi connectivity index (χ2v) is 15.5. The molecule has 6 atom stereocenters. The van der Waals surface area contributed by atoms with Gasteiger partial charge in [0.05, 0.1) is 42.0 Å². The van der Waals surface area contributed by atoms with Crippen LogP contribution in [0.25, 0.3) is 16.8 Å². The molecule has 238 valence electrons. The number of nitrogens with zero attached hydrogens (tertiary/aromatic N) is 4. The normalized spacial score (nSPS) is 30.1. The first-order valence-electron chi connectivity index (χ1n) is 16.4. The minimum atomic E-state index is -3.89. The molecule has 6 aliphatic rings. The number of sulfonamides is 1. The first-order chi connectivity index (χ1) is 22.8. The Morgan fingerprint density at radius 2 is 1.87 bits per heavy atom. The summed E-state index contributed by atoms with van der Waals surface area (Å²) in [4.78, 5) is 18.9. The maximum absolute atomic E-state index is 13.9. The molecule has 1 aromatic heterocycles. The van der Waals surface area contributed by atoms with E-state index in [4.69, 9.17) is 10.5 Å². The number of anilines is 3. The molecule has 47 heavy (non-hydrogen) atoms. The van der Waals surface area contributed by atoms with Crippen molar-refractivity contribution in [1.29, 1.82) is 0 Å². The van der Waals surface area contributed by atoms with E-state index in [0.717, 1.165) is 48.4 Å². The molecule has 4 fully saturated rings. The maximum Gasteiger partial charge on any atom is 0.263 e. The van der Waals surface area contributed by atoms with Gasteiger partial charge in [-0.1, -0.05) is 35.9 Å². The zero-order chi connectivity index (χ0) is 31.7. The molecule has 1 aliphatic carbocycles. The largest absolute Gasteiger partial charge is 0.399 e. The molecule has 6 heterocycles. The van der Waals surface area contributed by atoms with Gasteiger partial charge in [0.1, 0.15) is 5.82 Å². The van der Waals surface area contributed by atoms with Crippen LogP contribution in [0.3, 0.4) is 0 Å². The number of hydrogen-bond acceptors (Lipinski definition) is 7. The molecule has 10 rings (SSSR count). The zero-order valence-corrected chi connectivity index (χ0v) is 26.4. The Hall–Kier alpha value is -4.45. The summed E-state index contributed by atoms with van der Waals surface area (Å²) >= 11 is 0. The number of piperidine rings is 2. The minimum absolute atomic E-state index is 0.0442. The predicted molar refractivity (Wildman–Crippen MR) is 178 cm³/mol. The number of para-hydroxylation sites is 1. The van der Waals surface area contributed by atoms with Crippen LogP contribution in [0.1, 0.15) is 24.8 Å². The highest BCUT2D eigenvalue weighted by Crippen LogP contribution is 2.66. The lowest BCUT2D eigenvalue weighted by Gasteiger charge is -2.58. The number of carbonyl (C=O) groups is 1. The van der Waals surface area contributed by atoms with Crippen molar-refractivity contribution in [2.45, 2.75) is 47.8 Å². The smallest absolute Gasteiger partial charge is 0.263 e. The van der Waals surface area contributed by atoms with Gasteiger partial charge in [-0.2, -0.15) is 5.10 Å². The molecule has 1 saturated carbocycles. The van der Waals surface area contributed by atoms with E-state index in [0.29, 0.717) is 42.4 Å². The van der Waals surface area contributed by atoms with Crippen molar-refractivity contribution >= 4 is 33.1 Å². The Bertz CT molecular complexity index is 2130. The lowest BCUT2D eigenvalue weighted by molar-refractivity contribution is -0.132. The number of nitrogen functional groups attached to an aromatic ring is 1. The first-order valence-corrected chi connectivity index (χ1v) is 17.9. The van der Waals surface area contributed by atoms with Gasteiger partial charge in [-0.15, -0.1) is 0 Å². The summed E-state index contributed by atoms with van der Waals surface area (Å²) in [5, 5.41) is 4.56. The molecule has 1 amide bonds. The lowest BCUT2D eigenvalue weighted by Crippen LogP contribution is -2.69. The number of nitrogens with one attached hydrogen (secondary N) is 1. The van der Waals surface area contributed by atoms with E-state index in [1.165, 1.54) is 23.3 Å². The summed E-state index contributed by atoms with van der Waals surface area (Å²) in [5.41, 5.74) is 12.6. The second kappa shape index (κ2) is 9.56. The standard InChI is InChI=1S/C36H34N6O4S/c37-23-6-8-24(9-7-23)47(44,45)39-32-11-14-38-42(32)28-4-2-1-3-25(28)21-5-10-29-27(17-21)36-13-15-40-20-22-12-16-46-30-19-33(43)41(29)35(36)34(30)26(22)18-31(36)40/h1-12,14,17,26,30-31,34-35,39H,13,15-16,18-20,37H2/t26-,30-,31-,34-,35-,36+/m0/s1. The van der Waals surface area contributed by atoms with E-state index in [9.17, 15) is 13.2 Å². The van der Waals surface area contributed by atoms with E-state index in [1.54, 1.807) is 29.1 Å². The van der Waals surface area contributed by atoms with Gasteiger partial charge in [-0.3, -0.25) is 14.4 Å². The Kier molecular flexibility index (Phi) is 5.62. The number of benzene rings is 3. The fourth-order valence-electron chi connectivity index (χ4n) is 10.0. The highest BCUT2D eigenvalue weighted by Gasteiger charge is 2.71. The number of rotatable bonds is 5. The number of fused-ring (bicyclic) bond motifs is 2. The average molecular weight is 647 g/mol. The van der Waals surface area contributed by atoms with Crippen molar-refractivity contribution in [2.24, 2.45) is 11.8 Å². The summed E-state index contributed by atoms with van der Waals surface area (Å²) in [6.45, 7) is 2.62. The van der Waals surface area contributed by atoms with Gasteiger partial charge in [0, 0.05) is 46.9 Å². The SMILES string of the molecule is Nc1ccc(S(=O)(=O)Nc2ccnn2-c2ccccc2-c2ccc3c(c2)[C@@]24CCN5CC6=CCO[C@H]7CC(=O)N3[C@H]2[C@H]7[C@H]6C[C@H]54)cc1. The number of aromatic nitrogens is 2. The molecule has 0 radical (unpaired) electrons. The Balaban J connectivity index is 1.08. The maximum atomic E-state index is 13.9. The topological polar surface area (TPSA) is 123 Å². The van der Waals surface area contributed by atoms with Crippen molar-refractivity contribution < 1.29 is 17.9 Å². The van der Waals surface area contributed by atoms with Gasteiger partial charge < -0.3 is 15.4 Å². The highest BCUT2D eigenvalue weighted by atomic mass is 32.2. The molecule has 5 aliphatic heterocycles. The molecular formula is C36H34N6O4S. The summed E-state index contributed by atoms with van der Waals surface area (Å²) in [5.74, 6) is 1.24. The van der Waals surface area contributed by atoms with Gasteiger partial charge in [0.15, 0.2) is 0 Å². The van der Waals surface area contributed by atoms with E-state index < -0.39 is 10.0 Å². The third-order valence-corrected chi connectivity index (χ3v) is 13.2. The van der Waals surface area contributed by atoms with Crippen molar-refractivity contribution in [3.63, 3.8) is 0 Å². The summed E-state index contributed by atoms with van der Waals surface area (Å²) in [7, 11) is -3.89. The number of hydrogen-bond donors (Lipinski definition) is 2. The molecule has 2 bridgehead atoms. The fourth-order valence-corrected chi connectivity index (χ4v) is 11.1. The minimum Gasteiger partial charge on any atom is -0.399 e. The van der Waals surface area contributed by atoms with Crippen LogP contribution in [0.2, 0.25) is 0 Å². The van der Waals surface area contributed by atoms with Gasteiger partial charge in [0.2, 0.25) is 5.91 Å². The summed E-state index contributed by atoms with van der Waals surface area (Å²) in [6.07, 6.45) is 6.41. The molecule has 0 unspecified atom stereocenters. The highest BCUT2D eigenvalue weighted by molar-refractivity contribution is 7.92. The van der Waals surface area contributed by atoms with Crippen LogP contribution in [-0.2, 0) is 25.0 Å². The Labute approximate surface area is 272 Å². The third-order valence-electron chi connectivity index (χ3n) is 11.8. The van der Waals surface area contributed by atoms with Crippen LogP contribution in [0.4, 0.5) is 17.2 Å². The van der Waals surface area contributed by atoms with Crippen LogP contribution in [0.5, 0.6) is 0 Å². The first kappa shape index (κ1) is 27.6. The van der Waals surface area contributed by atoms with Gasteiger partial charge in [-0.05, 0) is 78.9 Å². The van der Waals surface area contributed by atoms with Crippen LogP contribution in [-0.4, -0.2) is 66.9 Å². The molecule has 1 spiro atoms. The molecule has 11 heteroatoms. The number of nitrogens with two attached hydrogens (primary N) is 1. The third kappa shape index (κ3) is 3.70. The predicted octanol–water partition coefficient (Wildman–Crippen LogP) is 4.33. The van der Waals surface area contributed by atoms with E-state index in [1.807, 2.05) is 24.3 Å². The number of carbonyl (C=O) groups excluding carboxylic acids is 1. The number of ether oxygens (including phenoxy) is 1. The van der Waals surface area contributed by atoms with E-state index in [-0.39, 0.29) is 28.4 Å². The molecule has 3 N–H and O–H groups in total. The summed E-state index contributed by atoms with van der Waals surface area (Å²) in [6, 6.07) is 22.7. The fraction of sp³-hybridized carbons (Fsp3) is 0.333. The molecule has 4 aromatic rings. The van der Waals surface area contributed by atoms with E-state index >= 15 is 0 Å². The molecule has 3 aromatic carbocycles. The van der Waals surface area contributed by atoms with Crippen LogP contribution in [0.15, 0.2) is 95.5 Å². The molecular weight excluding hydrogens is 613 g/mol. The van der Waals surface area contributed by atoms with Gasteiger partial charge in [-0.25, -0.2) is 13.1 Å². The van der Waals surface area contributed by atoms with Crippen molar-refractivity contribution in [2.75, 3.05) is 35.1 Å². The second-order valence-electron chi connectivity index (χ2n) is 13.8. The monoisotopic (exact) mass is 646 g/mol. The van der Waals surface area contributed by atoms with Crippen LogP contribution >= 0.6 is 0 Å². The van der Waals surface area contributed by atoms with Crippen molar-refractivity contribution in [1.82, 2.24) is 14.7 Å². The number of amides is 1. The van der Waals surface area contributed by atoms with Gasteiger partial charge in [0.25, 0.3) is 10.0 Å². The van der Waals surface area contributed by atoms with Crippen LogP contribution < -0.4 is 15.4 Å². The van der Waals surface area contributed by atoms with Crippen LogP contribution in [0, 0.1) is 11.8 Å². The van der Waals surface area contributed by atoms with Gasteiger partial charge >= 0.3 is 0 Å². The van der Waals surface area contributed by atoms with Crippen molar-refractivity contribution in [3.05, 3.63) is 96.2 Å². The molecule has 10 nitrogen and oxygen atoms in total. The summed E-state index contributed by atoms with van der Waals surface area (Å²) < 4.78 is 37.4. The Morgan fingerprint density at radius 3 is 2.74 bits per heavy atom. The Morgan fingerprint density at radius 1 is 1.02 bits per heavy atom. The zero-order valence-electron chi connectivity index (χ0n) is 25.6.